The summed E-state index contributed by atoms with van der Waals surface area (Å²) in [6.45, 7) is 0. The van der Waals surface area contributed by atoms with Crippen LogP contribution in [0, 0.1) is 0 Å². The van der Waals surface area contributed by atoms with E-state index in [4.69, 9.17) is 10.2 Å². The van der Waals surface area contributed by atoms with Crippen LogP contribution in [0.5, 0.6) is 11.5 Å². The van der Waals surface area contributed by atoms with Gasteiger partial charge in [-0.1, -0.05) is 30.3 Å². The van der Waals surface area contributed by atoms with Gasteiger partial charge in [0.1, 0.15) is 11.5 Å². The number of aromatic hydroxyl groups is 2. The number of benzene rings is 4. The first-order valence-corrected chi connectivity index (χ1v) is 10.2. The van der Waals surface area contributed by atoms with Gasteiger partial charge in [-0.25, -0.2) is 14.6 Å². The summed E-state index contributed by atoms with van der Waals surface area (Å²) in [5, 5.41) is 39.2. The summed E-state index contributed by atoms with van der Waals surface area (Å²) in [4.78, 5) is 24.2. The fraction of sp³-hybridized carbons (Fsp3) is 0. The van der Waals surface area contributed by atoms with E-state index in [0.29, 0.717) is 0 Å². The van der Waals surface area contributed by atoms with Crippen molar-refractivity contribution in [3.63, 3.8) is 0 Å². The second-order valence-corrected chi connectivity index (χ2v) is 7.18. The van der Waals surface area contributed by atoms with Gasteiger partial charge in [0.05, 0.1) is 11.1 Å². The van der Waals surface area contributed by atoms with Gasteiger partial charge in [0.15, 0.2) is 12.4 Å². The summed E-state index contributed by atoms with van der Waals surface area (Å²) in [5.41, 5.74) is 0.506. The average molecular weight is 492 g/mol. The van der Waals surface area contributed by atoms with Crippen molar-refractivity contribution in [1.82, 2.24) is 0 Å². The van der Waals surface area contributed by atoms with E-state index in [1.165, 1.54) is 24.3 Å². The monoisotopic (exact) mass is 491 g/mol. The van der Waals surface area contributed by atoms with Gasteiger partial charge in [-0.15, -0.1) is 0 Å². The summed E-state index contributed by atoms with van der Waals surface area (Å²) in [6, 6.07) is 25.1. The number of hydrogen-bond acceptors (Lipinski definition) is 4. The minimum atomic E-state index is -0.944. The Bertz CT molecular complexity index is 1320. The number of carboxylic acids is 2. The van der Waals surface area contributed by atoms with Crippen LogP contribution in [0.1, 0.15) is 20.7 Å². The lowest BCUT2D eigenvalue weighted by atomic mass is 10.1. The Hall–Kier alpha value is -4.62. The molecule has 0 bridgehead atoms. The number of phenolic OH excluding ortho intramolecular Hbond substituents is 2. The molecule has 5 N–H and O–H groups in total. The van der Waals surface area contributed by atoms with Crippen molar-refractivity contribution in [3.8, 4) is 11.5 Å². The molecule has 0 amide bonds. The Morgan fingerprint density at radius 1 is 0.543 bits per heavy atom. The Balaban J connectivity index is 0.000000196. The third-order valence-corrected chi connectivity index (χ3v) is 4.75. The standard InChI is InChI=1S/2C11H8O3.C5H5N.ClH/c2*12-10-4-3-7-5-9(11(13)14)2-1-8(7)6-10;1-2-4-6-5-3-1;/h2*1-6,12H,(H,13,14);1-5H;1H. The van der Waals surface area contributed by atoms with Crippen LogP contribution in [0.15, 0.2) is 103 Å². The zero-order valence-corrected chi connectivity index (χ0v) is 19.1. The van der Waals surface area contributed by atoms with E-state index in [-0.39, 0.29) is 35.0 Å². The van der Waals surface area contributed by atoms with Gasteiger partial charge in [0.2, 0.25) is 0 Å². The largest absolute Gasteiger partial charge is 1.00 e. The fourth-order valence-electron chi connectivity index (χ4n) is 3.07. The molecule has 0 saturated heterocycles. The van der Waals surface area contributed by atoms with Crippen molar-refractivity contribution in [2.24, 2.45) is 0 Å². The lowest BCUT2D eigenvalue weighted by molar-refractivity contribution is -0.377. The maximum Gasteiger partial charge on any atom is 0.335 e. The molecular formula is C27H22ClNO6. The molecule has 35 heavy (non-hydrogen) atoms. The number of aromatic amines is 1. The lowest BCUT2D eigenvalue weighted by Crippen LogP contribution is -3.00. The smallest absolute Gasteiger partial charge is 0.335 e. The molecule has 0 fully saturated rings. The Kier molecular flexibility index (Phi) is 9.57. The van der Waals surface area contributed by atoms with Crippen molar-refractivity contribution in [3.05, 3.63) is 115 Å². The first kappa shape index (κ1) is 26.6. The predicted octanol–water partition coefficient (Wildman–Crippen LogP) is 1.99. The normalized spacial score (nSPS) is 9.60. The number of hydrogen-bond donors (Lipinski definition) is 4. The van der Waals surface area contributed by atoms with Crippen LogP contribution in [0.2, 0.25) is 0 Å². The minimum Gasteiger partial charge on any atom is -1.00 e. The number of halogens is 1. The van der Waals surface area contributed by atoms with E-state index in [1.807, 2.05) is 30.6 Å². The highest BCUT2D eigenvalue weighted by Gasteiger charge is 2.04. The summed E-state index contributed by atoms with van der Waals surface area (Å²) >= 11 is 0. The number of fused-ring (bicyclic) bond motifs is 2. The maximum absolute atomic E-state index is 10.7. The molecule has 5 rings (SSSR count). The van der Waals surface area contributed by atoms with E-state index < -0.39 is 11.9 Å². The first-order valence-electron chi connectivity index (χ1n) is 10.2. The van der Waals surface area contributed by atoms with Gasteiger partial charge in [-0.3, -0.25) is 0 Å². The number of nitrogens with one attached hydrogen (secondary N) is 1. The highest BCUT2D eigenvalue weighted by atomic mass is 35.5. The number of rotatable bonds is 2. The molecule has 0 radical (unpaired) electrons. The number of pyridine rings is 1. The topological polar surface area (TPSA) is 129 Å². The van der Waals surface area contributed by atoms with Gasteiger partial charge < -0.3 is 32.8 Å². The predicted molar refractivity (Wildman–Crippen MR) is 128 cm³/mol. The second-order valence-electron chi connectivity index (χ2n) is 7.18. The molecule has 8 heteroatoms. The number of aromatic nitrogens is 1. The number of carboxylic acid groups (broad SMARTS) is 2. The summed E-state index contributed by atoms with van der Waals surface area (Å²) in [7, 11) is 0. The first-order chi connectivity index (χ1) is 16.3. The molecule has 7 nitrogen and oxygen atoms in total. The fourth-order valence-corrected chi connectivity index (χ4v) is 3.07. The van der Waals surface area contributed by atoms with Crippen LogP contribution in [0.3, 0.4) is 0 Å². The SMILES string of the molecule is O=C(O)c1ccc2cc(O)ccc2c1.O=C(O)c1ccc2cc(O)ccc2c1.[Cl-].c1cc[nH+]cc1. The molecule has 4 aromatic carbocycles. The molecule has 0 aliphatic rings. The van der Waals surface area contributed by atoms with Gasteiger partial charge in [-0.05, 0) is 70.1 Å². The Morgan fingerprint density at radius 3 is 1.23 bits per heavy atom. The van der Waals surface area contributed by atoms with E-state index in [2.05, 4.69) is 4.98 Å². The molecular weight excluding hydrogens is 470 g/mol. The molecule has 5 aromatic rings. The van der Waals surface area contributed by atoms with Crippen molar-refractivity contribution in [2.75, 3.05) is 0 Å². The summed E-state index contributed by atoms with van der Waals surface area (Å²) in [6.07, 6.45) is 3.75. The van der Waals surface area contributed by atoms with E-state index in [9.17, 15) is 19.8 Å². The molecule has 178 valence electrons. The molecule has 0 atom stereocenters. The molecule has 1 heterocycles. The highest BCUT2D eigenvalue weighted by molar-refractivity contribution is 5.95. The lowest BCUT2D eigenvalue weighted by Gasteiger charge is -2.00. The third kappa shape index (κ3) is 7.73. The minimum absolute atomic E-state index is 0. The van der Waals surface area contributed by atoms with Crippen molar-refractivity contribution >= 4 is 33.5 Å². The van der Waals surface area contributed by atoms with Crippen LogP contribution >= 0.6 is 0 Å². The molecule has 0 saturated carbocycles. The summed E-state index contributed by atoms with van der Waals surface area (Å²) in [5.74, 6) is -1.53. The number of phenols is 2. The molecule has 0 spiro atoms. The Morgan fingerprint density at radius 2 is 0.914 bits per heavy atom. The quantitative estimate of drug-likeness (QED) is 0.299. The van der Waals surface area contributed by atoms with Gasteiger partial charge >= 0.3 is 11.9 Å². The number of H-pyrrole nitrogens is 1. The van der Waals surface area contributed by atoms with Crippen LogP contribution in [-0.4, -0.2) is 32.4 Å². The third-order valence-electron chi connectivity index (χ3n) is 4.75. The van der Waals surface area contributed by atoms with Gasteiger partial charge in [0, 0.05) is 12.1 Å². The summed E-state index contributed by atoms with van der Waals surface area (Å²) < 4.78 is 0. The molecule has 0 unspecified atom stereocenters. The molecule has 0 aliphatic carbocycles. The maximum atomic E-state index is 10.7. The van der Waals surface area contributed by atoms with Crippen molar-refractivity contribution in [1.29, 1.82) is 0 Å². The van der Waals surface area contributed by atoms with Gasteiger partial charge in [-0.2, -0.15) is 0 Å². The second kappa shape index (κ2) is 12.6. The zero-order chi connectivity index (χ0) is 24.5. The van der Waals surface area contributed by atoms with E-state index in [1.54, 1.807) is 48.5 Å². The number of aromatic carboxylic acids is 2. The van der Waals surface area contributed by atoms with Gasteiger partial charge in [0.25, 0.3) is 0 Å². The highest BCUT2D eigenvalue weighted by Crippen LogP contribution is 2.22. The molecule has 1 aromatic heterocycles. The van der Waals surface area contributed by atoms with Crippen LogP contribution in [0.25, 0.3) is 21.5 Å². The van der Waals surface area contributed by atoms with E-state index >= 15 is 0 Å². The van der Waals surface area contributed by atoms with Crippen molar-refractivity contribution in [2.45, 2.75) is 0 Å². The van der Waals surface area contributed by atoms with Crippen LogP contribution in [0.4, 0.5) is 0 Å². The number of carbonyl (C=O) groups is 2. The van der Waals surface area contributed by atoms with E-state index in [0.717, 1.165) is 21.5 Å². The van der Waals surface area contributed by atoms with Crippen molar-refractivity contribution < 1.29 is 47.4 Å². The molecule has 0 aliphatic heterocycles. The Labute approximate surface area is 207 Å². The average Bonchev–Trinajstić information content (AvgIpc) is 2.85. The van der Waals surface area contributed by atoms with Crippen LogP contribution in [-0.2, 0) is 0 Å². The van der Waals surface area contributed by atoms with Crippen LogP contribution < -0.4 is 17.4 Å². The zero-order valence-electron chi connectivity index (χ0n) is 18.3.